The molecule has 0 atom stereocenters. The minimum absolute atomic E-state index is 0.0470. The van der Waals surface area contributed by atoms with Crippen LogP contribution in [0.4, 0.5) is 5.69 Å². The van der Waals surface area contributed by atoms with Crippen molar-refractivity contribution in [1.29, 1.82) is 0 Å². The molecule has 0 radical (unpaired) electrons. The van der Waals surface area contributed by atoms with Gasteiger partial charge in [0.05, 0.1) is 17.0 Å². The predicted molar refractivity (Wildman–Crippen MR) is 136 cm³/mol. The molecule has 0 aliphatic rings. The lowest BCUT2D eigenvalue weighted by molar-refractivity contribution is -0.115. The molecule has 0 saturated carbocycles. The number of rotatable bonds is 7. The van der Waals surface area contributed by atoms with E-state index in [4.69, 9.17) is 4.98 Å². The molecule has 1 amide bonds. The molecule has 0 bridgehead atoms. The van der Waals surface area contributed by atoms with Crippen LogP contribution in [-0.2, 0) is 17.8 Å². The lowest BCUT2D eigenvalue weighted by Gasteiger charge is -2.08. The van der Waals surface area contributed by atoms with Crippen molar-refractivity contribution in [3.05, 3.63) is 101 Å². The van der Waals surface area contributed by atoms with E-state index in [1.54, 1.807) is 28.9 Å². The van der Waals surface area contributed by atoms with Crippen molar-refractivity contribution in [2.45, 2.75) is 19.9 Å². The maximum absolute atomic E-state index is 12.9. The van der Waals surface area contributed by atoms with E-state index in [0.717, 1.165) is 49.6 Å². The van der Waals surface area contributed by atoms with E-state index < -0.39 is 0 Å². The topological polar surface area (TPSA) is 59.8 Å². The van der Waals surface area contributed by atoms with Crippen LogP contribution < -0.4 is 5.32 Å². The van der Waals surface area contributed by atoms with Crippen LogP contribution in [0.5, 0.6) is 0 Å². The summed E-state index contributed by atoms with van der Waals surface area (Å²) in [5, 5.41) is 6.00. The van der Waals surface area contributed by atoms with Crippen LogP contribution >= 0.6 is 22.7 Å². The van der Waals surface area contributed by atoms with Gasteiger partial charge in [0, 0.05) is 35.1 Å². The van der Waals surface area contributed by atoms with Crippen LogP contribution in [0.3, 0.4) is 0 Å². The number of carbonyl (C=O) groups excluding carboxylic acids is 1. The second kappa shape index (κ2) is 9.52. The zero-order valence-electron chi connectivity index (χ0n) is 18.1. The van der Waals surface area contributed by atoms with Crippen LogP contribution in [0, 0.1) is 6.92 Å². The smallest absolute Gasteiger partial charge is 0.229 e. The highest BCUT2D eigenvalue weighted by Crippen LogP contribution is 2.36. The lowest BCUT2D eigenvalue weighted by Crippen LogP contribution is -2.14. The molecule has 5 rings (SSSR count). The summed E-state index contributed by atoms with van der Waals surface area (Å²) in [6.45, 7) is 2.75. The SMILES string of the molecule is Cc1nccn1Cc1ccc(NC(=O)Cc2sc(-c3ccccc3)nc2-c2cccs2)cc1. The second-order valence-corrected chi connectivity index (χ2v) is 9.69. The van der Waals surface area contributed by atoms with Crippen LogP contribution in [-0.4, -0.2) is 20.4 Å². The molecule has 0 unspecified atom stereocenters. The van der Waals surface area contributed by atoms with Crippen molar-refractivity contribution in [2.75, 3.05) is 5.32 Å². The Kier molecular flexibility index (Phi) is 6.15. The number of thiophene rings is 1. The second-order valence-electron chi connectivity index (χ2n) is 7.66. The van der Waals surface area contributed by atoms with Gasteiger partial charge >= 0.3 is 0 Å². The van der Waals surface area contributed by atoms with Crippen LogP contribution in [0.25, 0.3) is 21.1 Å². The fourth-order valence-corrected chi connectivity index (χ4v) is 5.48. The number of benzene rings is 2. The lowest BCUT2D eigenvalue weighted by atomic mass is 10.2. The average Bonchev–Trinajstić information content (AvgIpc) is 3.58. The number of nitrogens with zero attached hydrogens (tertiary/aromatic N) is 3. The Morgan fingerprint density at radius 1 is 1.03 bits per heavy atom. The normalized spacial score (nSPS) is 10.9. The Morgan fingerprint density at radius 3 is 2.55 bits per heavy atom. The van der Waals surface area contributed by atoms with Gasteiger partial charge in [-0.05, 0) is 36.1 Å². The average molecular weight is 471 g/mol. The van der Waals surface area contributed by atoms with Gasteiger partial charge in [-0.2, -0.15) is 0 Å². The molecule has 5 nitrogen and oxygen atoms in total. The van der Waals surface area contributed by atoms with E-state index in [2.05, 4.69) is 20.9 Å². The highest BCUT2D eigenvalue weighted by atomic mass is 32.1. The number of carbonyl (C=O) groups is 1. The van der Waals surface area contributed by atoms with Crippen molar-refractivity contribution in [2.24, 2.45) is 0 Å². The molecule has 3 aromatic heterocycles. The number of imidazole rings is 1. The van der Waals surface area contributed by atoms with Gasteiger partial charge in [-0.1, -0.05) is 48.5 Å². The molecule has 7 heteroatoms. The third-order valence-electron chi connectivity index (χ3n) is 5.31. The molecule has 3 heterocycles. The summed E-state index contributed by atoms with van der Waals surface area (Å²) in [5.74, 6) is 0.933. The Morgan fingerprint density at radius 2 is 1.85 bits per heavy atom. The van der Waals surface area contributed by atoms with Crippen molar-refractivity contribution >= 4 is 34.3 Å². The monoisotopic (exact) mass is 470 g/mol. The van der Waals surface area contributed by atoms with Crippen molar-refractivity contribution in [3.8, 4) is 21.1 Å². The number of nitrogens with one attached hydrogen (secondary N) is 1. The van der Waals surface area contributed by atoms with Gasteiger partial charge in [-0.25, -0.2) is 9.97 Å². The first-order chi connectivity index (χ1) is 16.2. The third-order valence-corrected chi connectivity index (χ3v) is 7.29. The Hall–Kier alpha value is -3.55. The maximum atomic E-state index is 12.9. The van der Waals surface area contributed by atoms with Crippen LogP contribution in [0.15, 0.2) is 84.5 Å². The number of aromatic nitrogens is 3. The fraction of sp³-hybridized carbons (Fsp3) is 0.115. The molecule has 2 aromatic carbocycles. The first kappa shape index (κ1) is 21.3. The minimum Gasteiger partial charge on any atom is -0.331 e. The van der Waals surface area contributed by atoms with E-state index in [9.17, 15) is 4.79 Å². The minimum atomic E-state index is -0.0470. The third kappa shape index (κ3) is 4.94. The zero-order valence-corrected chi connectivity index (χ0v) is 19.7. The number of anilines is 1. The summed E-state index contributed by atoms with van der Waals surface area (Å²) in [4.78, 5) is 24.1. The number of hydrogen-bond donors (Lipinski definition) is 1. The quantitative estimate of drug-likeness (QED) is 0.305. The summed E-state index contributed by atoms with van der Waals surface area (Å²) in [5.41, 5.74) is 3.91. The zero-order chi connectivity index (χ0) is 22.6. The summed E-state index contributed by atoms with van der Waals surface area (Å²) < 4.78 is 2.09. The number of thiazole rings is 1. The summed E-state index contributed by atoms with van der Waals surface area (Å²) >= 11 is 3.22. The van der Waals surface area contributed by atoms with E-state index in [0.29, 0.717) is 0 Å². The molecule has 5 aromatic rings. The van der Waals surface area contributed by atoms with Gasteiger partial charge in [-0.3, -0.25) is 4.79 Å². The molecule has 0 spiro atoms. The van der Waals surface area contributed by atoms with Gasteiger partial charge in [0.15, 0.2) is 0 Å². The predicted octanol–water partition coefficient (Wildman–Crippen LogP) is 6.27. The molecule has 0 aliphatic carbocycles. The van der Waals surface area contributed by atoms with Crippen LogP contribution in [0.1, 0.15) is 16.3 Å². The van der Waals surface area contributed by atoms with Crippen LogP contribution in [0.2, 0.25) is 0 Å². The molecule has 1 N–H and O–H groups in total. The summed E-state index contributed by atoms with van der Waals surface area (Å²) in [6.07, 6.45) is 4.06. The molecule has 0 fully saturated rings. The molecule has 0 saturated heterocycles. The van der Waals surface area contributed by atoms with E-state index in [-0.39, 0.29) is 12.3 Å². The van der Waals surface area contributed by atoms with Crippen molar-refractivity contribution < 1.29 is 4.79 Å². The maximum Gasteiger partial charge on any atom is 0.229 e. The summed E-state index contributed by atoms with van der Waals surface area (Å²) in [6, 6.07) is 22.1. The highest BCUT2D eigenvalue weighted by Gasteiger charge is 2.18. The number of aryl methyl sites for hydroxylation is 1. The molecule has 0 aliphatic heterocycles. The Balaban J connectivity index is 1.31. The first-order valence-electron chi connectivity index (χ1n) is 10.6. The first-order valence-corrected chi connectivity index (χ1v) is 12.3. The molecule has 164 valence electrons. The van der Waals surface area contributed by atoms with Gasteiger partial charge in [-0.15, -0.1) is 22.7 Å². The Bertz CT molecular complexity index is 1350. The molecular weight excluding hydrogens is 448 g/mol. The van der Waals surface area contributed by atoms with E-state index in [1.165, 1.54) is 0 Å². The van der Waals surface area contributed by atoms with Crippen molar-refractivity contribution in [1.82, 2.24) is 14.5 Å². The molecule has 33 heavy (non-hydrogen) atoms. The van der Waals surface area contributed by atoms with Gasteiger partial charge in [0.2, 0.25) is 5.91 Å². The van der Waals surface area contributed by atoms with Gasteiger partial charge in [0.25, 0.3) is 0 Å². The van der Waals surface area contributed by atoms with Gasteiger partial charge < -0.3 is 9.88 Å². The van der Waals surface area contributed by atoms with Crippen molar-refractivity contribution in [3.63, 3.8) is 0 Å². The number of amides is 1. The summed E-state index contributed by atoms with van der Waals surface area (Å²) in [7, 11) is 0. The number of hydrogen-bond acceptors (Lipinski definition) is 5. The Labute approximate surface area is 200 Å². The molecular formula is C26H22N4OS2. The van der Waals surface area contributed by atoms with Gasteiger partial charge in [0.1, 0.15) is 10.8 Å². The van der Waals surface area contributed by atoms with E-state index >= 15 is 0 Å². The largest absolute Gasteiger partial charge is 0.331 e. The fourth-order valence-electron chi connectivity index (χ4n) is 3.59. The highest BCUT2D eigenvalue weighted by molar-refractivity contribution is 7.17. The standard InChI is InChI=1S/C26H22N4OS2/c1-18-27-13-14-30(18)17-19-9-11-21(12-10-19)28-24(31)16-23-25(22-8-5-15-32-22)29-26(33-23)20-6-3-2-4-7-20/h2-15H,16-17H2,1H3,(H,28,31). The van der Waals surface area contributed by atoms with E-state index in [1.807, 2.05) is 79.2 Å².